The fourth-order valence-electron chi connectivity index (χ4n) is 2.20. The van der Waals surface area contributed by atoms with Gasteiger partial charge in [-0.25, -0.2) is 9.07 Å². The summed E-state index contributed by atoms with van der Waals surface area (Å²) in [6.07, 6.45) is 0. The predicted molar refractivity (Wildman–Crippen MR) is 96.7 cm³/mol. The van der Waals surface area contributed by atoms with Crippen molar-refractivity contribution in [1.29, 1.82) is 0 Å². The van der Waals surface area contributed by atoms with Gasteiger partial charge < -0.3 is 10.1 Å². The van der Waals surface area contributed by atoms with Gasteiger partial charge in [0.2, 0.25) is 5.91 Å². The number of ether oxygens (including phenoxy) is 1. The number of aromatic nitrogens is 2. The normalized spacial score (nSPS) is 10.5. The topological polar surface area (TPSA) is 73.2 Å². The molecule has 0 aliphatic heterocycles. The zero-order chi connectivity index (χ0) is 18.4. The summed E-state index contributed by atoms with van der Waals surface area (Å²) in [6, 6.07) is 12.4. The minimum absolute atomic E-state index is 0.172. The van der Waals surface area contributed by atoms with Crippen molar-refractivity contribution < 1.29 is 13.9 Å². The molecule has 0 aliphatic carbocycles. The van der Waals surface area contributed by atoms with Gasteiger partial charge >= 0.3 is 0 Å². The first-order valence-corrected chi connectivity index (χ1v) is 8.77. The molecule has 0 saturated heterocycles. The minimum atomic E-state index is -0.344. The van der Waals surface area contributed by atoms with Crippen molar-refractivity contribution in [1.82, 2.24) is 15.1 Å². The molecule has 26 heavy (non-hydrogen) atoms. The van der Waals surface area contributed by atoms with Gasteiger partial charge in [-0.3, -0.25) is 9.59 Å². The molecule has 0 spiro atoms. The molecule has 1 N–H and O–H groups in total. The van der Waals surface area contributed by atoms with Gasteiger partial charge in [0, 0.05) is 6.07 Å². The van der Waals surface area contributed by atoms with Crippen molar-refractivity contribution in [3.8, 4) is 16.3 Å². The Bertz CT molecular complexity index is 924. The van der Waals surface area contributed by atoms with Gasteiger partial charge in [0.25, 0.3) is 5.56 Å². The molecule has 3 rings (SSSR count). The van der Waals surface area contributed by atoms with Crippen molar-refractivity contribution >= 4 is 17.2 Å². The van der Waals surface area contributed by atoms with Gasteiger partial charge in [-0.2, -0.15) is 5.10 Å². The SMILES string of the molecule is O=C(Cn1nc(-c2cccs2)ccc1=O)NCCOc1ccc(F)cc1. The largest absolute Gasteiger partial charge is 0.492 e. The highest BCUT2D eigenvalue weighted by molar-refractivity contribution is 7.13. The highest BCUT2D eigenvalue weighted by Crippen LogP contribution is 2.20. The fourth-order valence-corrected chi connectivity index (χ4v) is 2.89. The summed E-state index contributed by atoms with van der Waals surface area (Å²) in [6.45, 7) is 0.319. The average Bonchev–Trinajstić information content (AvgIpc) is 3.17. The molecule has 0 fully saturated rings. The molecule has 6 nitrogen and oxygen atoms in total. The number of amides is 1. The molecule has 0 aliphatic rings. The van der Waals surface area contributed by atoms with E-state index in [9.17, 15) is 14.0 Å². The van der Waals surface area contributed by atoms with E-state index in [-0.39, 0.29) is 37.0 Å². The van der Waals surface area contributed by atoms with Crippen LogP contribution >= 0.6 is 11.3 Å². The summed E-state index contributed by atoms with van der Waals surface area (Å²) in [4.78, 5) is 24.8. The van der Waals surface area contributed by atoms with Crippen LogP contribution in [0.4, 0.5) is 4.39 Å². The van der Waals surface area contributed by atoms with E-state index in [0.717, 1.165) is 9.56 Å². The monoisotopic (exact) mass is 373 g/mol. The van der Waals surface area contributed by atoms with Crippen LogP contribution in [0.3, 0.4) is 0 Å². The third-order valence-corrected chi connectivity index (χ3v) is 4.33. The van der Waals surface area contributed by atoms with E-state index in [1.807, 2.05) is 17.5 Å². The molecular formula is C18H16FN3O3S. The first-order chi connectivity index (χ1) is 12.6. The molecule has 0 radical (unpaired) electrons. The lowest BCUT2D eigenvalue weighted by Gasteiger charge is -2.09. The molecule has 1 amide bonds. The van der Waals surface area contributed by atoms with Crippen molar-refractivity contribution in [3.63, 3.8) is 0 Å². The van der Waals surface area contributed by atoms with E-state index >= 15 is 0 Å². The first kappa shape index (κ1) is 17.8. The molecule has 1 aromatic carbocycles. The van der Waals surface area contributed by atoms with E-state index in [1.54, 1.807) is 6.07 Å². The number of halogens is 1. The lowest BCUT2D eigenvalue weighted by atomic mass is 10.3. The maximum atomic E-state index is 12.8. The zero-order valence-corrected chi connectivity index (χ0v) is 14.5. The van der Waals surface area contributed by atoms with Gasteiger partial charge in [-0.15, -0.1) is 11.3 Å². The highest BCUT2D eigenvalue weighted by Gasteiger charge is 2.08. The van der Waals surface area contributed by atoms with Crippen LogP contribution in [0.1, 0.15) is 0 Å². The van der Waals surface area contributed by atoms with Gasteiger partial charge in [-0.05, 0) is 41.8 Å². The quantitative estimate of drug-likeness (QED) is 0.645. The number of carbonyl (C=O) groups is 1. The molecule has 3 aromatic rings. The van der Waals surface area contributed by atoms with E-state index in [0.29, 0.717) is 11.4 Å². The van der Waals surface area contributed by atoms with E-state index in [2.05, 4.69) is 10.4 Å². The number of rotatable bonds is 7. The van der Waals surface area contributed by atoms with Crippen LogP contribution in [0, 0.1) is 5.82 Å². The third kappa shape index (κ3) is 4.76. The van der Waals surface area contributed by atoms with Crippen LogP contribution in [-0.2, 0) is 11.3 Å². The molecule has 8 heteroatoms. The molecule has 0 bridgehead atoms. The second-order valence-corrected chi connectivity index (χ2v) is 6.29. The second-order valence-electron chi connectivity index (χ2n) is 5.34. The molecule has 2 heterocycles. The Hall–Kier alpha value is -3.00. The summed E-state index contributed by atoms with van der Waals surface area (Å²) < 4.78 is 19.3. The number of carbonyl (C=O) groups excluding carboxylic acids is 1. The van der Waals surface area contributed by atoms with Crippen LogP contribution in [0.2, 0.25) is 0 Å². The molecule has 0 atom stereocenters. The smallest absolute Gasteiger partial charge is 0.267 e. The standard InChI is InChI=1S/C18H16FN3O3S/c19-13-3-5-14(6-4-13)25-10-9-20-17(23)12-22-18(24)8-7-15(21-22)16-2-1-11-26-16/h1-8,11H,9-10,12H2,(H,20,23). The van der Waals surface area contributed by atoms with Crippen molar-refractivity contribution in [3.05, 3.63) is 70.1 Å². The number of hydrogen-bond donors (Lipinski definition) is 1. The Morgan fingerprint density at radius 1 is 1.19 bits per heavy atom. The summed E-state index contributed by atoms with van der Waals surface area (Å²) in [7, 11) is 0. The first-order valence-electron chi connectivity index (χ1n) is 7.89. The number of nitrogens with zero attached hydrogens (tertiary/aromatic N) is 2. The van der Waals surface area contributed by atoms with Gasteiger partial charge in [-0.1, -0.05) is 6.07 Å². The van der Waals surface area contributed by atoms with Gasteiger partial charge in [0.15, 0.2) is 0 Å². The maximum Gasteiger partial charge on any atom is 0.267 e. The number of benzene rings is 1. The Labute approximate surface area is 152 Å². The lowest BCUT2D eigenvalue weighted by molar-refractivity contribution is -0.122. The Kier molecular flexibility index (Phi) is 5.75. The Balaban J connectivity index is 1.51. The minimum Gasteiger partial charge on any atom is -0.492 e. The van der Waals surface area contributed by atoms with Crippen LogP contribution < -0.4 is 15.6 Å². The number of thiophene rings is 1. The molecule has 0 saturated carbocycles. The second kappa shape index (κ2) is 8.39. The van der Waals surface area contributed by atoms with Crippen molar-refractivity contribution in [2.75, 3.05) is 13.2 Å². The summed E-state index contributed by atoms with van der Waals surface area (Å²) in [5.74, 6) is -0.166. The zero-order valence-electron chi connectivity index (χ0n) is 13.7. The van der Waals surface area contributed by atoms with E-state index in [1.165, 1.54) is 41.7 Å². The lowest BCUT2D eigenvalue weighted by Crippen LogP contribution is -2.35. The highest BCUT2D eigenvalue weighted by atomic mass is 32.1. The average molecular weight is 373 g/mol. The van der Waals surface area contributed by atoms with E-state index < -0.39 is 0 Å². The Morgan fingerprint density at radius 3 is 2.73 bits per heavy atom. The van der Waals surface area contributed by atoms with Crippen LogP contribution in [0.25, 0.3) is 10.6 Å². The molecule has 0 unspecified atom stereocenters. The van der Waals surface area contributed by atoms with Gasteiger partial charge in [0.05, 0.1) is 11.4 Å². The van der Waals surface area contributed by atoms with Crippen LogP contribution in [0.5, 0.6) is 5.75 Å². The van der Waals surface area contributed by atoms with E-state index in [4.69, 9.17) is 4.74 Å². The van der Waals surface area contributed by atoms with Crippen molar-refractivity contribution in [2.24, 2.45) is 0 Å². The number of hydrogen-bond acceptors (Lipinski definition) is 5. The fraction of sp³-hybridized carbons (Fsp3) is 0.167. The third-order valence-electron chi connectivity index (χ3n) is 3.44. The summed E-state index contributed by atoms with van der Waals surface area (Å²) >= 11 is 1.51. The van der Waals surface area contributed by atoms with Crippen LogP contribution in [0.15, 0.2) is 58.7 Å². The van der Waals surface area contributed by atoms with Gasteiger partial charge in [0.1, 0.15) is 30.4 Å². The summed E-state index contributed by atoms with van der Waals surface area (Å²) in [5.41, 5.74) is 0.301. The van der Waals surface area contributed by atoms with Crippen molar-refractivity contribution in [2.45, 2.75) is 6.54 Å². The van der Waals surface area contributed by atoms with Crippen LogP contribution in [-0.4, -0.2) is 28.8 Å². The predicted octanol–water partition coefficient (Wildman–Crippen LogP) is 2.31. The molecule has 134 valence electrons. The molecule has 2 aromatic heterocycles. The molecular weight excluding hydrogens is 357 g/mol. The maximum absolute atomic E-state index is 12.8. The summed E-state index contributed by atoms with van der Waals surface area (Å²) in [5, 5.41) is 8.80. The number of nitrogens with one attached hydrogen (secondary N) is 1. The Morgan fingerprint density at radius 2 is 2.00 bits per heavy atom.